The van der Waals surface area contributed by atoms with Crippen LogP contribution in [0.15, 0.2) is 24.3 Å². The highest BCUT2D eigenvalue weighted by atomic mass is 16.5. The summed E-state index contributed by atoms with van der Waals surface area (Å²) in [6, 6.07) is 8.06. The molecule has 1 aliphatic carbocycles. The monoisotopic (exact) mass is 261 g/mol. The van der Waals surface area contributed by atoms with Crippen LogP contribution < -0.4 is 4.74 Å². The van der Waals surface area contributed by atoms with Gasteiger partial charge in [0.1, 0.15) is 5.75 Å². The lowest BCUT2D eigenvalue weighted by molar-refractivity contribution is 0.0216. The summed E-state index contributed by atoms with van der Waals surface area (Å²) in [5.74, 6) is 0.908. The van der Waals surface area contributed by atoms with Gasteiger partial charge in [0.05, 0.1) is 11.7 Å². The highest BCUT2D eigenvalue weighted by Crippen LogP contribution is 2.35. The van der Waals surface area contributed by atoms with Gasteiger partial charge in [-0.05, 0) is 63.4 Å². The molecular formula is C16H23NO2. The number of benzene rings is 1. The van der Waals surface area contributed by atoms with E-state index in [1.807, 2.05) is 24.3 Å². The van der Waals surface area contributed by atoms with Gasteiger partial charge in [-0.1, -0.05) is 12.1 Å². The molecule has 1 saturated carbocycles. The highest BCUT2D eigenvalue weighted by Gasteiger charge is 2.32. The van der Waals surface area contributed by atoms with Crippen molar-refractivity contribution in [3.63, 3.8) is 0 Å². The van der Waals surface area contributed by atoms with Crippen molar-refractivity contribution >= 4 is 0 Å². The molecule has 1 atom stereocenters. The number of likely N-dealkylation sites (tertiary alicyclic amines) is 1. The molecule has 1 saturated heterocycles. The van der Waals surface area contributed by atoms with Crippen molar-refractivity contribution in [2.45, 2.75) is 43.8 Å². The van der Waals surface area contributed by atoms with Crippen LogP contribution in [0.4, 0.5) is 0 Å². The van der Waals surface area contributed by atoms with Crippen LogP contribution in [-0.4, -0.2) is 36.2 Å². The van der Waals surface area contributed by atoms with Crippen LogP contribution in [0.3, 0.4) is 0 Å². The average molecular weight is 261 g/mol. The molecular weight excluding hydrogens is 238 g/mol. The quantitative estimate of drug-likeness (QED) is 0.907. The normalized spacial score (nSPS) is 28.9. The number of ether oxygens (including phenoxy) is 1. The first-order chi connectivity index (χ1) is 9.16. The van der Waals surface area contributed by atoms with Gasteiger partial charge in [-0.25, -0.2) is 0 Å². The zero-order chi connectivity index (χ0) is 13.3. The fraction of sp³-hybridized carbons (Fsp3) is 0.625. The van der Waals surface area contributed by atoms with Crippen LogP contribution >= 0.6 is 0 Å². The Bertz CT molecular complexity index is 444. The predicted octanol–water partition coefficient (Wildman–Crippen LogP) is 2.53. The second kappa shape index (κ2) is 5.14. The van der Waals surface area contributed by atoms with Crippen molar-refractivity contribution in [1.82, 2.24) is 4.90 Å². The molecule has 1 unspecified atom stereocenters. The van der Waals surface area contributed by atoms with Crippen molar-refractivity contribution < 1.29 is 9.84 Å². The maximum absolute atomic E-state index is 10.9. The van der Waals surface area contributed by atoms with Gasteiger partial charge in [0.25, 0.3) is 0 Å². The summed E-state index contributed by atoms with van der Waals surface area (Å²) >= 11 is 0. The van der Waals surface area contributed by atoms with Gasteiger partial charge in [0.15, 0.2) is 0 Å². The minimum absolute atomic E-state index is 0.408. The second-order valence-electron chi connectivity index (χ2n) is 6.03. The summed E-state index contributed by atoms with van der Waals surface area (Å²) in [7, 11) is 2.12. The number of hydrogen-bond donors (Lipinski definition) is 1. The summed E-state index contributed by atoms with van der Waals surface area (Å²) in [6.45, 7) is 2.02. The zero-order valence-electron chi connectivity index (χ0n) is 11.6. The van der Waals surface area contributed by atoms with E-state index >= 15 is 0 Å². The lowest BCUT2D eigenvalue weighted by atomic mass is 9.87. The van der Waals surface area contributed by atoms with Gasteiger partial charge in [-0.2, -0.15) is 0 Å². The SMILES string of the molecule is CN1CCCC(O)(c2cccc(OC3CC3)c2)CC1. The van der Waals surface area contributed by atoms with Gasteiger partial charge in [-0.3, -0.25) is 0 Å². The van der Waals surface area contributed by atoms with Gasteiger partial charge >= 0.3 is 0 Å². The van der Waals surface area contributed by atoms with E-state index in [4.69, 9.17) is 4.74 Å². The van der Waals surface area contributed by atoms with Crippen molar-refractivity contribution in [2.24, 2.45) is 0 Å². The Hall–Kier alpha value is -1.06. The number of aliphatic hydroxyl groups is 1. The fourth-order valence-electron chi connectivity index (χ4n) is 2.78. The van der Waals surface area contributed by atoms with Crippen molar-refractivity contribution in [3.8, 4) is 5.75 Å². The molecule has 0 spiro atoms. The third kappa shape index (κ3) is 3.10. The zero-order valence-corrected chi connectivity index (χ0v) is 11.6. The molecule has 1 aliphatic heterocycles. The van der Waals surface area contributed by atoms with Crippen molar-refractivity contribution in [1.29, 1.82) is 0 Å². The molecule has 3 rings (SSSR count). The van der Waals surface area contributed by atoms with E-state index in [0.717, 1.165) is 43.7 Å². The average Bonchev–Trinajstić information content (AvgIpc) is 3.21. The lowest BCUT2D eigenvalue weighted by Crippen LogP contribution is -2.27. The van der Waals surface area contributed by atoms with Crippen molar-refractivity contribution in [3.05, 3.63) is 29.8 Å². The Morgan fingerprint density at radius 2 is 2.11 bits per heavy atom. The van der Waals surface area contributed by atoms with E-state index in [9.17, 15) is 5.11 Å². The summed E-state index contributed by atoms with van der Waals surface area (Å²) < 4.78 is 5.83. The number of hydrogen-bond acceptors (Lipinski definition) is 3. The third-order valence-electron chi connectivity index (χ3n) is 4.24. The number of nitrogens with zero attached hydrogens (tertiary/aromatic N) is 1. The van der Waals surface area contributed by atoms with Gasteiger partial charge in [0, 0.05) is 6.54 Å². The van der Waals surface area contributed by atoms with E-state index in [-0.39, 0.29) is 0 Å². The summed E-state index contributed by atoms with van der Waals surface area (Å²) in [5, 5.41) is 10.9. The molecule has 3 nitrogen and oxygen atoms in total. The van der Waals surface area contributed by atoms with Crippen LogP contribution in [0.2, 0.25) is 0 Å². The Balaban J connectivity index is 1.78. The van der Waals surface area contributed by atoms with Gasteiger partial charge < -0.3 is 14.7 Å². The Labute approximate surface area is 115 Å². The van der Waals surface area contributed by atoms with Crippen LogP contribution in [0, 0.1) is 0 Å². The first kappa shape index (κ1) is 12.9. The largest absolute Gasteiger partial charge is 0.490 e. The minimum Gasteiger partial charge on any atom is -0.490 e. The summed E-state index contributed by atoms with van der Waals surface area (Å²) in [6.07, 6.45) is 5.42. The summed E-state index contributed by atoms with van der Waals surface area (Å²) in [5.41, 5.74) is 0.328. The van der Waals surface area contributed by atoms with Gasteiger partial charge in [-0.15, -0.1) is 0 Å². The molecule has 104 valence electrons. The molecule has 0 aromatic heterocycles. The first-order valence-electron chi connectivity index (χ1n) is 7.34. The predicted molar refractivity (Wildman–Crippen MR) is 75.3 cm³/mol. The van der Waals surface area contributed by atoms with Crippen LogP contribution in [0.5, 0.6) is 5.75 Å². The van der Waals surface area contributed by atoms with E-state index in [1.54, 1.807) is 0 Å². The van der Waals surface area contributed by atoms with Crippen molar-refractivity contribution in [2.75, 3.05) is 20.1 Å². The van der Waals surface area contributed by atoms with Crippen LogP contribution in [0.25, 0.3) is 0 Å². The molecule has 0 radical (unpaired) electrons. The molecule has 3 heteroatoms. The smallest absolute Gasteiger partial charge is 0.120 e. The molecule has 1 aromatic rings. The standard InChI is InChI=1S/C16H23NO2/c1-17-10-3-8-16(18,9-11-17)13-4-2-5-15(12-13)19-14-6-7-14/h2,4-5,12,14,18H,3,6-11H2,1H3. The fourth-order valence-corrected chi connectivity index (χ4v) is 2.78. The first-order valence-corrected chi connectivity index (χ1v) is 7.34. The molecule has 1 aromatic carbocycles. The Kier molecular flexibility index (Phi) is 3.50. The molecule has 2 fully saturated rings. The maximum atomic E-state index is 10.9. The second-order valence-corrected chi connectivity index (χ2v) is 6.03. The topological polar surface area (TPSA) is 32.7 Å². The third-order valence-corrected chi connectivity index (χ3v) is 4.24. The lowest BCUT2D eigenvalue weighted by Gasteiger charge is -2.27. The van der Waals surface area contributed by atoms with Gasteiger partial charge in [0.2, 0.25) is 0 Å². The number of rotatable bonds is 3. The Morgan fingerprint density at radius 1 is 1.26 bits per heavy atom. The molecule has 1 heterocycles. The maximum Gasteiger partial charge on any atom is 0.120 e. The highest BCUT2D eigenvalue weighted by molar-refractivity contribution is 5.33. The molecule has 1 N–H and O–H groups in total. The Morgan fingerprint density at radius 3 is 2.89 bits per heavy atom. The minimum atomic E-state index is -0.687. The van der Waals surface area contributed by atoms with E-state index in [1.165, 1.54) is 12.8 Å². The van der Waals surface area contributed by atoms with Crippen LogP contribution in [-0.2, 0) is 5.60 Å². The van der Waals surface area contributed by atoms with E-state index < -0.39 is 5.60 Å². The summed E-state index contributed by atoms with van der Waals surface area (Å²) in [4.78, 5) is 2.29. The van der Waals surface area contributed by atoms with Crippen LogP contribution in [0.1, 0.15) is 37.7 Å². The molecule has 2 aliphatic rings. The molecule has 0 bridgehead atoms. The van der Waals surface area contributed by atoms with E-state index in [2.05, 4.69) is 11.9 Å². The molecule has 0 amide bonds. The van der Waals surface area contributed by atoms with E-state index in [0.29, 0.717) is 6.10 Å². The molecule has 19 heavy (non-hydrogen) atoms.